The molecule has 2 rings (SSSR count). The van der Waals surface area contributed by atoms with Crippen LogP contribution in [0.4, 0.5) is 0 Å². The van der Waals surface area contributed by atoms with Crippen molar-refractivity contribution in [1.29, 1.82) is 0 Å². The van der Waals surface area contributed by atoms with Gasteiger partial charge in [-0.15, -0.1) is 0 Å². The molecule has 1 fully saturated rings. The molecule has 2 unspecified atom stereocenters. The third-order valence-corrected chi connectivity index (χ3v) is 3.79. The highest BCUT2D eigenvalue weighted by Gasteiger charge is 2.38. The van der Waals surface area contributed by atoms with Crippen LogP contribution < -0.4 is 5.73 Å². The molecule has 1 aliphatic rings. The molecule has 6 heteroatoms. The van der Waals surface area contributed by atoms with Gasteiger partial charge in [0.25, 0.3) is 5.89 Å². The standard InChI is InChI=1S/C13H24N4O2/c1-4-17(5-2)9-10(14)11-15-12(19-16-11)13(3)7-6-8-18-13/h10H,4-9,14H2,1-3H3. The first-order valence-corrected chi connectivity index (χ1v) is 7.05. The molecule has 1 aromatic heterocycles. The van der Waals surface area contributed by atoms with Crippen LogP contribution in [0.2, 0.25) is 0 Å². The summed E-state index contributed by atoms with van der Waals surface area (Å²) in [6, 6.07) is -0.220. The third kappa shape index (κ3) is 3.13. The number of rotatable bonds is 6. The van der Waals surface area contributed by atoms with Crippen molar-refractivity contribution in [2.45, 2.75) is 45.3 Å². The number of nitrogens with two attached hydrogens (primary N) is 1. The molecule has 0 aromatic carbocycles. The SMILES string of the molecule is CCN(CC)CC(N)c1noc(C2(C)CCCO2)n1. The van der Waals surface area contributed by atoms with Crippen molar-refractivity contribution < 1.29 is 9.26 Å². The molecule has 1 aliphatic heterocycles. The van der Waals surface area contributed by atoms with E-state index in [4.69, 9.17) is 15.0 Å². The molecule has 1 saturated heterocycles. The maximum absolute atomic E-state index is 6.13. The highest BCUT2D eigenvalue weighted by molar-refractivity contribution is 5.02. The van der Waals surface area contributed by atoms with Crippen LogP contribution in [0.15, 0.2) is 4.52 Å². The summed E-state index contributed by atoms with van der Waals surface area (Å²) >= 11 is 0. The smallest absolute Gasteiger partial charge is 0.258 e. The summed E-state index contributed by atoms with van der Waals surface area (Å²) in [7, 11) is 0. The van der Waals surface area contributed by atoms with Crippen LogP contribution in [0.5, 0.6) is 0 Å². The molecule has 0 bridgehead atoms. The Labute approximate surface area is 114 Å². The zero-order chi connectivity index (χ0) is 13.9. The predicted molar refractivity (Wildman–Crippen MR) is 71.6 cm³/mol. The fourth-order valence-corrected chi connectivity index (χ4v) is 2.39. The Morgan fingerprint density at radius 3 is 2.74 bits per heavy atom. The molecule has 19 heavy (non-hydrogen) atoms. The van der Waals surface area contributed by atoms with Gasteiger partial charge in [0.2, 0.25) is 0 Å². The van der Waals surface area contributed by atoms with E-state index in [1.165, 1.54) is 0 Å². The van der Waals surface area contributed by atoms with E-state index in [0.717, 1.165) is 39.1 Å². The van der Waals surface area contributed by atoms with Crippen molar-refractivity contribution in [3.8, 4) is 0 Å². The largest absolute Gasteiger partial charge is 0.365 e. The van der Waals surface area contributed by atoms with Gasteiger partial charge < -0.3 is 19.9 Å². The van der Waals surface area contributed by atoms with Crippen LogP contribution >= 0.6 is 0 Å². The Hall–Kier alpha value is -0.980. The van der Waals surface area contributed by atoms with E-state index in [1.54, 1.807) is 0 Å². The highest BCUT2D eigenvalue weighted by atomic mass is 16.5. The van der Waals surface area contributed by atoms with Crippen LogP contribution in [0, 0.1) is 0 Å². The Kier molecular flexibility index (Phi) is 4.54. The van der Waals surface area contributed by atoms with Gasteiger partial charge in [-0.1, -0.05) is 19.0 Å². The highest BCUT2D eigenvalue weighted by Crippen LogP contribution is 2.34. The van der Waals surface area contributed by atoms with Gasteiger partial charge in [0, 0.05) is 13.2 Å². The Balaban J connectivity index is 2.04. The van der Waals surface area contributed by atoms with Gasteiger partial charge in [0.15, 0.2) is 5.82 Å². The maximum Gasteiger partial charge on any atom is 0.258 e. The van der Waals surface area contributed by atoms with Crippen LogP contribution in [0.3, 0.4) is 0 Å². The van der Waals surface area contributed by atoms with Crippen molar-refractivity contribution >= 4 is 0 Å². The van der Waals surface area contributed by atoms with Gasteiger partial charge in [-0.25, -0.2) is 0 Å². The lowest BCUT2D eigenvalue weighted by atomic mass is 10.0. The van der Waals surface area contributed by atoms with E-state index in [0.29, 0.717) is 11.7 Å². The van der Waals surface area contributed by atoms with E-state index in [1.807, 2.05) is 6.92 Å². The lowest BCUT2D eigenvalue weighted by molar-refractivity contribution is -0.00937. The zero-order valence-corrected chi connectivity index (χ0v) is 12.1. The molecule has 1 aromatic rings. The summed E-state index contributed by atoms with van der Waals surface area (Å²) in [6.07, 6.45) is 1.94. The molecule has 0 aliphatic carbocycles. The second-order valence-electron chi connectivity index (χ2n) is 5.23. The molecule has 0 saturated carbocycles. The summed E-state index contributed by atoms with van der Waals surface area (Å²) < 4.78 is 11.0. The van der Waals surface area contributed by atoms with Gasteiger partial charge in [0.05, 0.1) is 6.04 Å². The third-order valence-electron chi connectivity index (χ3n) is 3.79. The first kappa shape index (κ1) is 14.4. The van der Waals surface area contributed by atoms with E-state index in [-0.39, 0.29) is 6.04 Å². The topological polar surface area (TPSA) is 77.4 Å². The summed E-state index contributed by atoms with van der Waals surface area (Å²) in [5.41, 5.74) is 5.70. The minimum atomic E-state index is -0.430. The molecule has 108 valence electrons. The lowest BCUT2D eigenvalue weighted by Gasteiger charge is -2.20. The summed E-state index contributed by atoms with van der Waals surface area (Å²) in [6.45, 7) is 9.65. The fourth-order valence-electron chi connectivity index (χ4n) is 2.39. The van der Waals surface area contributed by atoms with E-state index >= 15 is 0 Å². The molecule has 0 radical (unpaired) electrons. The molecule has 6 nitrogen and oxygen atoms in total. The lowest BCUT2D eigenvalue weighted by Crippen LogP contribution is -2.32. The number of ether oxygens (including phenoxy) is 1. The van der Waals surface area contributed by atoms with E-state index in [9.17, 15) is 0 Å². The Morgan fingerprint density at radius 2 is 2.16 bits per heavy atom. The number of nitrogens with zero attached hydrogens (tertiary/aromatic N) is 3. The average molecular weight is 268 g/mol. The summed E-state index contributed by atoms with van der Waals surface area (Å²) in [4.78, 5) is 6.68. The van der Waals surface area contributed by atoms with E-state index in [2.05, 4.69) is 28.9 Å². The second kappa shape index (κ2) is 5.98. The summed E-state index contributed by atoms with van der Waals surface area (Å²) in [5.74, 6) is 1.12. The molecule has 0 amide bonds. The normalized spacial score (nSPS) is 25.1. The van der Waals surface area contributed by atoms with Crippen LogP contribution in [0.25, 0.3) is 0 Å². The van der Waals surface area contributed by atoms with E-state index < -0.39 is 5.60 Å². The van der Waals surface area contributed by atoms with Gasteiger partial charge in [-0.05, 0) is 32.9 Å². The fraction of sp³-hybridized carbons (Fsp3) is 0.846. The van der Waals surface area contributed by atoms with Crippen molar-refractivity contribution in [2.24, 2.45) is 5.73 Å². The van der Waals surface area contributed by atoms with Crippen molar-refractivity contribution in [2.75, 3.05) is 26.2 Å². The number of aromatic nitrogens is 2. The first-order valence-electron chi connectivity index (χ1n) is 7.05. The molecule has 2 atom stereocenters. The minimum absolute atomic E-state index is 0.220. The quantitative estimate of drug-likeness (QED) is 0.841. The van der Waals surface area contributed by atoms with Gasteiger partial charge in [0.1, 0.15) is 5.60 Å². The van der Waals surface area contributed by atoms with Crippen molar-refractivity contribution in [3.05, 3.63) is 11.7 Å². The first-order chi connectivity index (χ1) is 9.09. The molecule has 2 heterocycles. The summed E-state index contributed by atoms with van der Waals surface area (Å²) in [5, 5.41) is 4.01. The number of hydrogen-bond donors (Lipinski definition) is 1. The van der Waals surface area contributed by atoms with Gasteiger partial charge in [-0.3, -0.25) is 0 Å². The van der Waals surface area contributed by atoms with Crippen LogP contribution in [0.1, 0.15) is 51.4 Å². The maximum atomic E-state index is 6.13. The predicted octanol–water partition coefficient (Wildman–Crippen LogP) is 1.44. The average Bonchev–Trinajstić information content (AvgIpc) is 3.05. The zero-order valence-electron chi connectivity index (χ0n) is 12.1. The monoisotopic (exact) mass is 268 g/mol. The Morgan fingerprint density at radius 1 is 1.42 bits per heavy atom. The molecule has 0 spiro atoms. The second-order valence-corrected chi connectivity index (χ2v) is 5.23. The minimum Gasteiger partial charge on any atom is -0.365 e. The molecule has 2 N–H and O–H groups in total. The van der Waals surface area contributed by atoms with Crippen molar-refractivity contribution in [3.63, 3.8) is 0 Å². The molecular weight excluding hydrogens is 244 g/mol. The van der Waals surface area contributed by atoms with Gasteiger partial charge >= 0.3 is 0 Å². The van der Waals surface area contributed by atoms with Crippen molar-refractivity contribution in [1.82, 2.24) is 15.0 Å². The van der Waals surface area contributed by atoms with Gasteiger partial charge in [-0.2, -0.15) is 4.98 Å². The van der Waals surface area contributed by atoms with Crippen LogP contribution in [-0.4, -0.2) is 41.3 Å². The Bertz CT molecular complexity index is 397. The number of likely N-dealkylation sites (N-methyl/N-ethyl adjacent to an activating group) is 1. The molecular formula is C13H24N4O2. The van der Waals surface area contributed by atoms with Crippen LogP contribution in [-0.2, 0) is 10.3 Å². The number of hydrogen-bond acceptors (Lipinski definition) is 6.